The number of nitrogens with zero attached hydrogens (tertiary/aromatic N) is 2. The molecule has 0 saturated heterocycles. The molecule has 6 nitrogen and oxygen atoms in total. The Hall–Kier alpha value is -1.56. The monoisotopic (exact) mass is 294 g/mol. The summed E-state index contributed by atoms with van der Waals surface area (Å²) in [7, 11) is 0. The largest absolute Gasteiger partial charge is 0.444 e. The molecule has 1 aromatic heterocycles. The van der Waals surface area contributed by atoms with Gasteiger partial charge in [0.25, 0.3) is 0 Å². The molecule has 0 aromatic carbocycles. The fourth-order valence-corrected chi connectivity index (χ4v) is 2.14. The quantitative estimate of drug-likeness (QED) is 0.842. The SMILES string of the molecule is CCCn1cc(CNC2CC2NC(=O)OC(C)(C)C)cn1. The van der Waals surface area contributed by atoms with Crippen LogP contribution in [0.2, 0.25) is 0 Å². The predicted molar refractivity (Wildman–Crippen MR) is 80.9 cm³/mol. The van der Waals surface area contributed by atoms with Crippen LogP contribution in [0.4, 0.5) is 4.79 Å². The van der Waals surface area contributed by atoms with Crippen LogP contribution in [0.5, 0.6) is 0 Å². The first-order valence-corrected chi connectivity index (χ1v) is 7.61. The van der Waals surface area contributed by atoms with Gasteiger partial charge >= 0.3 is 6.09 Å². The molecule has 2 atom stereocenters. The first-order chi connectivity index (χ1) is 9.87. The Morgan fingerprint density at radius 2 is 2.24 bits per heavy atom. The molecule has 118 valence electrons. The van der Waals surface area contributed by atoms with Gasteiger partial charge in [-0.25, -0.2) is 4.79 Å². The highest BCUT2D eigenvalue weighted by Crippen LogP contribution is 2.22. The number of aryl methyl sites for hydroxylation is 1. The summed E-state index contributed by atoms with van der Waals surface area (Å²) in [6.07, 6.45) is 5.64. The van der Waals surface area contributed by atoms with E-state index < -0.39 is 5.60 Å². The highest BCUT2D eigenvalue weighted by atomic mass is 16.6. The minimum atomic E-state index is -0.449. The number of hydrogen-bond donors (Lipinski definition) is 2. The second kappa shape index (κ2) is 6.47. The number of aromatic nitrogens is 2. The first-order valence-electron chi connectivity index (χ1n) is 7.61. The molecule has 2 N–H and O–H groups in total. The smallest absolute Gasteiger partial charge is 0.407 e. The molecule has 1 aliphatic carbocycles. The summed E-state index contributed by atoms with van der Waals surface area (Å²) in [5.74, 6) is 0. The number of hydrogen-bond acceptors (Lipinski definition) is 4. The van der Waals surface area contributed by atoms with Gasteiger partial charge in [-0.1, -0.05) is 6.92 Å². The van der Waals surface area contributed by atoms with Crippen molar-refractivity contribution >= 4 is 6.09 Å². The van der Waals surface area contributed by atoms with Gasteiger partial charge in [0.1, 0.15) is 5.60 Å². The molecule has 1 saturated carbocycles. The third-order valence-corrected chi connectivity index (χ3v) is 3.20. The Labute approximate surface area is 126 Å². The molecular weight excluding hydrogens is 268 g/mol. The highest BCUT2D eigenvalue weighted by molar-refractivity contribution is 5.68. The van der Waals surface area contributed by atoms with Crippen molar-refractivity contribution in [1.29, 1.82) is 0 Å². The standard InChI is InChI=1S/C15H26N4O2/c1-5-6-19-10-11(9-17-19)8-16-12-7-13(12)18-14(20)21-15(2,3)4/h9-10,12-13,16H,5-8H2,1-4H3,(H,18,20). The van der Waals surface area contributed by atoms with Crippen LogP contribution in [0.25, 0.3) is 0 Å². The summed E-state index contributed by atoms with van der Waals surface area (Å²) in [4.78, 5) is 11.6. The van der Waals surface area contributed by atoms with Crippen molar-refractivity contribution in [2.75, 3.05) is 0 Å². The lowest BCUT2D eigenvalue weighted by molar-refractivity contribution is 0.0522. The number of carbonyl (C=O) groups excluding carboxylic acids is 1. The van der Waals surface area contributed by atoms with Crippen LogP contribution >= 0.6 is 0 Å². The number of carbonyl (C=O) groups is 1. The molecule has 0 radical (unpaired) electrons. The van der Waals surface area contributed by atoms with Crippen molar-refractivity contribution in [1.82, 2.24) is 20.4 Å². The maximum atomic E-state index is 11.6. The first kappa shape index (κ1) is 15.8. The van der Waals surface area contributed by atoms with Gasteiger partial charge in [0.05, 0.1) is 6.20 Å². The molecule has 1 aromatic rings. The van der Waals surface area contributed by atoms with E-state index in [1.165, 1.54) is 5.56 Å². The summed E-state index contributed by atoms with van der Waals surface area (Å²) in [6.45, 7) is 9.46. The minimum absolute atomic E-state index is 0.172. The second-order valence-electron chi connectivity index (χ2n) is 6.59. The van der Waals surface area contributed by atoms with E-state index in [0.717, 1.165) is 25.9 Å². The Balaban J connectivity index is 1.66. The highest BCUT2D eigenvalue weighted by Gasteiger charge is 2.38. The lowest BCUT2D eigenvalue weighted by Crippen LogP contribution is -2.36. The number of nitrogens with one attached hydrogen (secondary N) is 2. The number of rotatable bonds is 6. The molecule has 0 bridgehead atoms. The number of amides is 1. The molecule has 0 aliphatic heterocycles. The second-order valence-corrected chi connectivity index (χ2v) is 6.59. The van der Waals surface area contributed by atoms with Crippen molar-refractivity contribution in [3.05, 3.63) is 18.0 Å². The van der Waals surface area contributed by atoms with E-state index in [1.807, 2.05) is 31.6 Å². The normalized spacial score (nSPS) is 21.1. The lowest BCUT2D eigenvalue weighted by Gasteiger charge is -2.19. The van der Waals surface area contributed by atoms with Gasteiger partial charge in [0.15, 0.2) is 0 Å². The summed E-state index contributed by atoms with van der Waals surface area (Å²) in [5.41, 5.74) is 0.724. The van der Waals surface area contributed by atoms with Gasteiger partial charge in [0, 0.05) is 36.9 Å². The average Bonchev–Trinajstić information content (AvgIpc) is 2.92. The minimum Gasteiger partial charge on any atom is -0.444 e. The Kier molecular flexibility index (Phi) is 4.88. The molecule has 2 unspecified atom stereocenters. The van der Waals surface area contributed by atoms with Crippen LogP contribution in [0.3, 0.4) is 0 Å². The topological polar surface area (TPSA) is 68.2 Å². The molecule has 1 heterocycles. The molecule has 1 amide bonds. The van der Waals surface area contributed by atoms with Gasteiger partial charge < -0.3 is 15.4 Å². The zero-order chi connectivity index (χ0) is 15.5. The van der Waals surface area contributed by atoms with Crippen LogP contribution in [0.15, 0.2) is 12.4 Å². The molecule has 1 aliphatic rings. The number of alkyl carbamates (subject to hydrolysis) is 1. The van der Waals surface area contributed by atoms with Gasteiger partial charge in [-0.3, -0.25) is 4.68 Å². The molecule has 0 spiro atoms. The van der Waals surface area contributed by atoms with Crippen LogP contribution in [0.1, 0.15) is 46.1 Å². The third kappa shape index (κ3) is 5.38. The lowest BCUT2D eigenvalue weighted by atomic mass is 10.2. The molecule has 1 fully saturated rings. The molecule has 21 heavy (non-hydrogen) atoms. The summed E-state index contributed by atoms with van der Waals surface area (Å²) in [5, 5.41) is 10.6. The van der Waals surface area contributed by atoms with Crippen LogP contribution < -0.4 is 10.6 Å². The molecular formula is C15H26N4O2. The summed E-state index contributed by atoms with van der Waals surface area (Å²) < 4.78 is 7.20. The van der Waals surface area contributed by atoms with Crippen LogP contribution in [0, 0.1) is 0 Å². The van der Waals surface area contributed by atoms with Gasteiger partial charge in [0.2, 0.25) is 0 Å². The average molecular weight is 294 g/mol. The molecule has 2 rings (SSSR count). The van der Waals surface area contributed by atoms with E-state index in [0.29, 0.717) is 6.04 Å². The summed E-state index contributed by atoms with van der Waals surface area (Å²) in [6, 6.07) is 0.498. The van der Waals surface area contributed by atoms with Crippen molar-refractivity contribution in [3.8, 4) is 0 Å². The van der Waals surface area contributed by atoms with Gasteiger partial charge in [-0.2, -0.15) is 5.10 Å². The van der Waals surface area contributed by atoms with E-state index in [2.05, 4.69) is 28.9 Å². The van der Waals surface area contributed by atoms with Crippen LogP contribution in [-0.4, -0.2) is 33.6 Å². The zero-order valence-electron chi connectivity index (χ0n) is 13.3. The van der Waals surface area contributed by atoms with E-state index in [1.54, 1.807) is 0 Å². The fraction of sp³-hybridized carbons (Fsp3) is 0.733. The summed E-state index contributed by atoms with van der Waals surface area (Å²) >= 11 is 0. The molecule has 6 heteroatoms. The van der Waals surface area contributed by atoms with Crippen molar-refractivity contribution in [2.45, 2.75) is 71.3 Å². The van der Waals surface area contributed by atoms with Gasteiger partial charge in [-0.15, -0.1) is 0 Å². The maximum absolute atomic E-state index is 11.6. The third-order valence-electron chi connectivity index (χ3n) is 3.20. The van der Waals surface area contributed by atoms with E-state index in [4.69, 9.17) is 4.74 Å². The number of ether oxygens (including phenoxy) is 1. The van der Waals surface area contributed by atoms with E-state index in [9.17, 15) is 4.79 Å². The Bertz CT molecular complexity index is 478. The van der Waals surface area contributed by atoms with Gasteiger partial charge in [-0.05, 0) is 33.6 Å². The zero-order valence-corrected chi connectivity index (χ0v) is 13.3. The Morgan fingerprint density at radius 1 is 1.48 bits per heavy atom. The fourth-order valence-electron chi connectivity index (χ4n) is 2.14. The van der Waals surface area contributed by atoms with E-state index >= 15 is 0 Å². The van der Waals surface area contributed by atoms with Crippen molar-refractivity contribution in [2.24, 2.45) is 0 Å². The predicted octanol–water partition coefficient (Wildman–Crippen LogP) is 2.05. The maximum Gasteiger partial charge on any atom is 0.407 e. The van der Waals surface area contributed by atoms with Crippen molar-refractivity contribution in [3.63, 3.8) is 0 Å². The Morgan fingerprint density at radius 3 is 2.90 bits per heavy atom. The van der Waals surface area contributed by atoms with Crippen LogP contribution in [-0.2, 0) is 17.8 Å². The van der Waals surface area contributed by atoms with E-state index in [-0.39, 0.29) is 12.1 Å². The van der Waals surface area contributed by atoms with Crippen molar-refractivity contribution < 1.29 is 9.53 Å².